The smallest absolute Gasteiger partial charge is 0.312 e. The molecule has 1 rings (SSSR count). The molecule has 0 heterocycles. The number of carboxylic acids is 1. The molecule has 0 aliphatic carbocycles. The molecular weight excluding hydrogens is 326 g/mol. The van der Waals surface area contributed by atoms with Gasteiger partial charge in [-0.1, -0.05) is 0 Å². The van der Waals surface area contributed by atoms with Crippen LogP contribution in [-0.4, -0.2) is 31.0 Å². The Morgan fingerprint density at radius 1 is 1.48 bits per heavy atom. The summed E-state index contributed by atoms with van der Waals surface area (Å²) < 4.78 is 27.8. The number of benzene rings is 1. The van der Waals surface area contributed by atoms with E-state index < -0.39 is 25.6 Å². The first-order chi connectivity index (χ1) is 9.62. The third kappa shape index (κ3) is 4.87. The summed E-state index contributed by atoms with van der Waals surface area (Å²) in [5.74, 6) is -1.14. The fourth-order valence-electron chi connectivity index (χ4n) is 1.58. The van der Waals surface area contributed by atoms with Crippen LogP contribution in [-0.2, 0) is 13.8 Å². The molecule has 0 amide bonds. The highest BCUT2D eigenvalue weighted by molar-refractivity contribution is 8.13. The minimum Gasteiger partial charge on any atom is -0.487 e. The van der Waals surface area contributed by atoms with Crippen LogP contribution in [0.3, 0.4) is 0 Å². The van der Waals surface area contributed by atoms with Crippen molar-refractivity contribution in [3.05, 3.63) is 27.8 Å². The molecule has 1 aromatic rings. The van der Waals surface area contributed by atoms with Gasteiger partial charge in [-0.15, -0.1) is 0 Å². The summed E-state index contributed by atoms with van der Waals surface area (Å²) in [6.45, 7) is 1.38. The second kappa shape index (κ2) is 6.72. The Bertz CT molecular complexity index is 671. The fraction of sp³-hybridized carbons (Fsp3) is 0.364. The van der Waals surface area contributed by atoms with Gasteiger partial charge in [-0.05, 0) is 25.0 Å². The second-order valence-corrected chi connectivity index (χ2v) is 6.66. The second-order valence-electron chi connectivity index (χ2n) is 4.13. The van der Waals surface area contributed by atoms with Gasteiger partial charge in [0.15, 0.2) is 5.75 Å². The van der Waals surface area contributed by atoms with Gasteiger partial charge in [-0.25, -0.2) is 8.42 Å². The van der Waals surface area contributed by atoms with Crippen molar-refractivity contribution in [2.75, 3.05) is 6.61 Å². The molecule has 116 valence electrons. The van der Waals surface area contributed by atoms with Gasteiger partial charge in [-0.2, -0.15) is 0 Å². The molecule has 0 atom stereocenters. The average molecular weight is 338 g/mol. The lowest BCUT2D eigenvalue weighted by atomic mass is 10.2. The minimum atomic E-state index is -4.11. The quantitative estimate of drug-likeness (QED) is 0.349. The van der Waals surface area contributed by atoms with E-state index in [1.165, 1.54) is 13.0 Å². The third-order valence-corrected chi connectivity index (χ3v) is 3.97. The van der Waals surface area contributed by atoms with Crippen LogP contribution in [0.25, 0.3) is 0 Å². The SMILES string of the molecule is Cc1cc(OCCCC(=O)O)c([N+](=O)[O-])cc1S(=O)(=O)Cl. The number of nitro groups is 1. The number of carbonyl (C=O) groups is 1. The highest BCUT2D eigenvalue weighted by atomic mass is 35.7. The number of rotatable bonds is 7. The molecule has 0 unspecified atom stereocenters. The lowest BCUT2D eigenvalue weighted by Crippen LogP contribution is -2.05. The van der Waals surface area contributed by atoms with E-state index in [0.717, 1.165) is 6.07 Å². The zero-order chi connectivity index (χ0) is 16.2. The molecule has 0 spiro atoms. The van der Waals surface area contributed by atoms with E-state index in [1.54, 1.807) is 0 Å². The Morgan fingerprint density at radius 3 is 2.57 bits per heavy atom. The highest BCUT2D eigenvalue weighted by Gasteiger charge is 2.23. The Labute approximate surface area is 124 Å². The molecule has 8 nitrogen and oxygen atoms in total. The van der Waals surface area contributed by atoms with Crippen molar-refractivity contribution in [3.8, 4) is 5.75 Å². The average Bonchev–Trinajstić information content (AvgIpc) is 2.32. The molecule has 1 N–H and O–H groups in total. The van der Waals surface area contributed by atoms with Gasteiger partial charge in [0.05, 0.1) is 16.4 Å². The van der Waals surface area contributed by atoms with E-state index >= 15 is 0 Å². The lowest BCUT2D eigenvalue weighted by molar-refractivity contribution is -0.386. The first kappa shape index (κ1) is 17.2. The molecular formula is C11H12ClNO7S. The van der Waals surface area contributed by atoms with Crippen LogP contribution >= 0.6 is 10.7 Å². The van der Waals surface area contributed by atoms with Crippen molar-refractivity contribution in [1.29, 1.82) is 0 Å². The van der Waals surface area contributed by atoms with Crippen LogP contribution in [0.5, 0.6) is 5.75 Å². The monoisotopic (exact) mass is 337 g/mol. The van der Waals surface area contributed by atoms with Crippen LogP contribution in [0.15, 0.2) is 17.0 Å². The maximum absolute atomic E-state index is 11.3. The fourth-order valence-corrected chi connectivity index (χ4v) is 2.77. The topological polar surface area (TPSA) is 124 Å². The van der Waals surface area contributed by atoms with E-state index in [0.29, 0.717) is 0 Å². The van der Waals surface area contributed by atoms with Crippen molar-refractivity contribution in [2.45, 2.75) is 24.7 Å². The normalized spacial score (nSPS) is 11.1. The number of ether oxygens (including phenoxy) is 1. The highest BCUT2D eigenvalue weighted by Crippen LogP contribution is 2.33. The summed E-state index contributed by atoms with van der Waals surface area (Å²) in [4.78, 5) is 20.1. The number of nitro benzene ring substituents is 1. The molecule has 21 heavy (non-hydrogen) atoms. The molecule has 0 fully saturated rings. The molecule has 0 saturated carbocycles. The maximum atomic E-state index is 11.3. The van der Waals surface area contributed by atoms with Crippen molar-refractivity contribution in [1.82, 2.24) is 0 Å². The molecule has 0 aromatic heterocycles. The van der Waals surface area contributed by atoms with E-state index in [1.807, 2.05) is 0 Å². The molecule has 1 aromatic carbocycles. The van der Waals surface area contributed by atoms with Crippen molar-refractivity contribution >= 4 is 31.4 Å². The van der Waals surface area contributed by atoms with Gasteiger partial charge in [0.2, 0.25) is 0 Å². The summed E-state index contributed by atoms with van der Waals surface area (Å²) in [5.41, 5.74) is -0.348. The molecule has 0 radical (unpaired) electrons. The predicted octanol–water partition coefficient (Wildman–Crippen LogP) is 2.07. The summed E-state index contributed by atoms with van der Waals surface area (Å²) in [6.07, 6.45) is 0.0298. The van der Waals surface area contributed by atoms with Gasteiger partial charge >= 0.3 is 11.7 Å². The van der Waals surface area contributed by atoms with Crippen LogP contribution < -0.4 is 4.74 Å². The van der Waals surface area contributed by atoms with E-state index in [2.05, 4.69) is 0 Å². The molecule has 0 saturated heterocycles. The van der Waals surface area contributed by atoms with Crippen LogP contribution in [0, 0.1) is 17.0 Å². The van der Waals surface area contributed by atoms with Crippen LogP contribution in [0.1, 0.15) is 18.4 Å². The van der Waals surface area contributed by atoms with Crippen molar-refractivity contribution in [3.63, 3.8) is 0 Å². The zero-order valence-corrected chi connectivity index (χ0v) is 12.5. The Kier molecular flexibility index (Phi) is 5.50. The van der Waals surface area contributed by atoms with Gasteiger partial charge < -0.3 is 9.84 Å². The number of halogens is 1. The number of hydrogen-bond donors (Lipinski definition) is 1. The third-order valence-electron chi connectivity index (χ3n) is 2.51. The minimum absolute atomic E-state index is 0.0421. The largest absolute Gasteiger partial charge is 0.487 e. The predicted molar refractivity (Wildman–Crippen MR) is 73.2 cm³/mol. The summed E-state index contributed by atoms with van der Waals surface area (Å²) >= 11 is 0. The molecule has 10 heteroatoms. The lowest BCUT2D eigenvalue weighted by Gasteiger charge is -2.09. The Morgan fingerprint density at radius 2 is 2.10 bits per heavy atom. The standard InChI is InChI=1S/C11H12ClNO7S/c1-7-5-9(20-4-2-3-11(14)15)8(13(16)17)6-10(7)21(12,18)19/h5-6H,2-4H2,1H3,(H,14,15). The number of aryl methyl sites for hydroxylation is 1. The van der Waals surface area contributed by atoms with E-state index in [-0.39, 0.29) is 35.7 Å². The summed E-state index contributed by atoms with van der Waals surface area (Å²) in [6, 6.07) is 2.01. The number of aliphatic carboxylic acids is 1. The maximum Gasteiger partial charge on any atom is 0.312 e. The van der Waals surface area contributed by atoms with E-state index in [9.17, 15) is 23.3 Å². The van der Waals surface area contributed by atoms with Crippen molar-refractivity contribution < 1.29 is 28.0 Å². The molecule has 0 aliphatic heterocycles. The zero-order valence-electron chi connectivity index (χ0n) is 10.9. The van der Waals surface area contributed by atoms with E-state index in [4.69, 9.17) is 20.5 Å². The number of nitrogens with zero attached hydrogens (tertiary/aromatic N) is 1. The Hall–Kier alpha value is -1.87. The van der Waals surface area contributed by atoms with Crippen LogP contribution in [0.2, 0.25) is 0 Å². The van der Waals surface area contributed by atoms with Gasteiger partial charge in [-0.3, -0.25) is 14.9 Å². The molecule has 0 bridgehead atoms. The van der Waals surface area contributed by atoms with Crippen molar-refractivity contribution in [2.24, 2.45) is 0 Å². The first-order valence-corrected chi connectivity index (χ1v) is 8.02. The number of carboxylic acid groups (broad SMARTS) is 1. The number of hydrogen-bond acceptors (Lipinski definition) is 6. The first-order valence-electron chi connectivity index (χ1n) is 5.71. The van der Waals surface area contributed by atoms with Crippen LogP contribution in [0.4, 0.5) is 5.69 Å². The Balaban J connectivity index is 3.07. The molecule has 0 aliphatic rings. The summed E-state index contributed by atoms with van der Waals surface area (Å²) in [5, 5.41) is 19.4. The van der Waals surface area contributed by atoms with Gasteiger partial charge in [0, 0.05) is 23.2 Å². The van der Waals surface area contributed by atoms with Gasteiger partial charge in [0.1, 0.15) is 0 Å². The van der Waals surface area contributed by atoms with Gasteiger partial charge in [0.25, 0.3) is 9.05 Å². The summed E-state index contributed by atoms with van der Waals surface area (Å²) in [7, 11) is 1.09.